The molecule has 2 aromatic carbocycles. The molecule has 2 atom stereocenters. The Hall–Kier alpha value is -2.30. The zero-order chi connectivity index (χ0) is 26.3. The summed E-state index contributed by atoms with van der Waals surface area (Å²) in [7, 11) is -2.51. The van der Waals surface area contributed by atoms with Crippen LogP contribution in [0.25, 0.3) is 0 Å². The lowest BCUT2D eigenvalue weighted by Crippen LogP contribution is -2.52. The highest BCUT2D eigenvalue weighted by molar-refractivity contribution is 9.10. The van der Waals surface area contributed by atoms with Gasteiger partial charge in [0.15, 0.2) is 0 Å². The van der Waals surface area contributed by atoms with Gasteiger partial charge in [0.05, 0.1) is 19.1 Å². The van der Waals surface area contributed by atoms with Crippen molar-refractivity contribution < 1.29 is 22.7 Å². The third-order valence-corrected chi connectivity index (χ3v) is 7.35. The Bertz CT molecular complexity index is 1160. The molecule has 2 rings (SSSR count). The molecule has 35 heavy (non-hydrogen) atoms. The molecule has 0 unspecified atom stereocenters. The summed E-state index contributed by atoms with van der Waals surface area (Å²) in [6.07, 6.45) is 1.73. The molecule has 0 fully saturated rings. The molecular weight excluding hydrogens is 558 g/mol. The molecule has 8 nitrogen and oxygen atoms in total. The summed E-state index contributed by atoms with van der Waals surface area (Å²) in [6, 6.07) is 10.9. The van der Waals surface area contributed by atoms with E-state index in [1.165, 1.54) is 24.1 Å². The van der Waals surface area contributed by atoms with Crippen LogP contribution in [-0.2, 0) is 26.2 Å². The summed E-state index contributed by atoms with van der Waals surface area (Å²) in [4.78, 5) is 27.9. The van der Waals surface area contributed by atoms with Crippen molar-refractivity contribution in [2.45, 2.75) is 45.8 Å². The molecular formula is C24H31BrClN3O5S. The van der Waals surface area contributed by atoms with Gasteiger partial charge in [0, 0.05) is 22.1 Å². The molecule has 2 aromatic rings. The van der Waals surface area contributed by atoms with E-state index in [9.17, 15) is 18.0 Å². The van der Waals surface area contributed by atoms with Gasteiger partial charge >= 0.3 is 0 Å². The predicted molar refractivity (Wildman–Crippen MR) is 142 cm³/mol. The molecule has 0 spiro atoms. The number of anilines is 1. The number of rotatable bonds is 11. The van der Waals surface area contributed by atoms with E-state index >= 15 is 0 Å². The van der Waals surface area contributed by atoms with Crippen LogP contribution in [0.1, 0.15) is 32.8 Å². The molecule has 0 saturated carbocycles. The summed E-state index contributed by atoms with van der Waals surface area (Å²) < 4.78 is 32.5. The Kier molecular flexibility index (Phi) is 10.4. The number of halogens is 2. The minimum Gasteiger partial charge on any atom is -0.495 e. The van der Waals surface area contributed by atoms with Gasteiger partial charge in [0.2, 0.25) is 21.8 Å². The van der Waals surface area contributed by atoms with E-state index in [-0.39, 0.29) is 35.0 Å². The van der Waals surface area contributed by atoms with E-state index in [1.54, 1.807) is 13.0 Å². The first-order chi connectivity index (χ1) is 16.4. The summed E-state index contributed by atoms with van der Waals surface area (Å²) in [5, 5.41) is 3.18. The number of ether oxygens (including phenoxy) is 1. The van der Waals surface area contributed by atoms with Crippen molar-refractivity contribution in [2.75, 3.05) is 24.2 Å². The topological polar surface area (TPSA) is 96.0 Å². The smallest absolute Gasteiger partial charge is 0.244 e. The monoisotopic (exact) mass is 587 g/mol. The first-order valence-electron chi connectivity index (χ1n) is 11.0. The number of nitrogens with zero attached hydrogens (tertiary/aromatic N) is 2. The molecule has 0 aromatic heterocycles. The second-order valence-corrected chi connectivity index (χ2v) is 11.5. The number of carbonyl (C=O) groups is 2. The van der Waals surface area contributed by atoms with Crippen LogP contribution in [0.4, 0.5) is 5.69 Å². The van der Waals surface area contributed by atoms with Crippen LogP contribution < -0.4 is 14.4 Å². The molecule has 0 aliphatic carbocycles. The Morgan fingerprint density at radius 3 is 2.43 bits per heavy atom. The van der Waals surface area contributed by atoms with Crippen LogP contribution in [0.2, 0.25) is 5.02 Å². The average Bonchev–Trinajstić information content (AvgIpc) is 2.79. The lowest BCUT2D eigenvalue weighted by Gasteiger charge is -2.32. The van der Waals surface area contributed by atoms with Crippen molar-refractivity contribution in [2.24, 2.45) is 0 Å². The van der Waals surface area contributed by atoms with Crippen LogP contribution in [0, 0.1) is 0 Å². The van der Waals surface area contributed by atoms with Gasteiger partial charge in [-0.1, -0.05) is 46.6 Å². The third kappa shape index (κ3) is 8.12. The second kappa shape index (κ2) is 12.6. The second-order valence-electron chi connectivity index (χ2n) is 8.23. The van der Waals surface area contributed by atoms with Crippen LogP contribution in [0.5, 0.6) is 5.75 Å². The number of nitrogens with one attached hydrogen (secondary N) is 1. The van der Waals surface area contributed by atoms with Gasteiger partial charge in [-0.3, -0.25) is 13.9 Å². The van der Waals surface area contributed by atoms with Crippen LogP contribution in [-0.4, -0.2) is 57.1 Å². The number of hydrogen-bond donors (Lipinski definition) is 1. The number of benzene rings is 2. The first kappa shape index (κ1) is 28.9. The third-order valence-electron chi connectivity index (χ3n) is 5.50. The highest BCUT2D eigenvalue weighted by Gasteiger charge is 2.31. The van der Waals surface area contributed by atoms with E-state index in [0.29, 0.717) is 0 Å². The Morgan fingerprint density at radius 1 is 1.17 bits per heavy atom. The molecule has 0 saturated heterocycles. The number of hydrogen-bond acceptors (Lipinski definition) is 5. The summed E-state index contributed by atoms with van der Waals surface area (Å²) in [6.45, 7) is 5.02. The molecule has 0 heterocycles. The molecule has 0 aliphatic rings. The zero-order valence-corrected chi connectivity index (χ0v) is 23.6. The number of sulfonamides is 1. The molecule has 0 bridgehead atoms. The van der Waals surface area contributed by atoms with Crippen LogP contribution >= 0.6 is 27.5 Å². The lowest BCUT2D eigenvalue weighted by molar-refractivity contribution is -0.139. The van der Waals surface area contributed by atoms with Crippen molar-refractivity contribution in [3.05, 3.63) is 57.5 Å². The van der Waals surface area contributed by atoms with Crippen LogP contribution in [0.3, 0.4) is 0 Å². The maximum atomic E-state index is 13.6. The minimum absolute atomic E-state index is 0.0731. The average molecular weight is 589 g/mol. The fourth-order valence-corrected chi connectivity index (χ4v) is 4.79. The van der Waals surface area contributed by atoms with E-state index in [4.69, 9.17) is 16.3 Å². The highest BCUT2D eigenvalue weighted by atomic mass is 79.9. The lowest BCUT2D eigenvalue weighted by atomic mass is 10.1. The highest BCUT2D eigenvalue weighted by Crippen LogP contribution is 2.33. The summed E-state index contributed by atoms with van der Waals surface area (Å²) >= 11 is 9.53. The summed E-state index contributed by atoms with van der Waals surface area (Å²) in [5.74, 6) is -0.633. The molecule has 0 radical (unpaired) electrons. The van der Waals surface area contributed by atoms with Crippen molar-refractivity contribution in [1.29, 1.82) is 0 Å². The number of methoxy groups -OCH3 is 1. The molecule has 11 heteroatoms. The standard InChI is InChI=1S/C24H31BrClN3O5S/c1-6-16(2)27-24(31)17(3)28(14-18-8-7-9-19(25)12-18)23(30)15-29(35(5,32)33)21-13-20(26)10-11-22(21)34-4/h7-13,16-17H,6,14-15H2,1-5H3,(H,27,31)/t16-,17-/m0/s1. The van der Waals surface area contributed by atoms with Crippen molar-refractivity contribution >= 4 is 55.1 Å². The summed E-state index contributed by atoms with van der Waals surface area (Å²) in [5.41, 5.74) is 0.914. The Balaban J connectivity index is 2.46. The quantitative estimate of drug-likeness (QED) is 0.424. The first-order valence-corrected chi connectivity index (χ1v) is 14.0. The zero-order valence-electron chi connectivity index (χ0n) is 20.4. The predicted octanol–water partition coefficient (Wildman–Crippen LogP) is 4.21. The van der Waals surface area contributed by atoms with Crippen molar-refractivity contribution in [3.8, 4) is 5.75 Å². The largest absolute Gasteiger partial charge is 0.495 e. The fourth-order valence-electron chi connectivity index (χ4n) is 3.33. The Morgan fingerprint density at radius 2 is 1.86 bits per heavy atom. The minimum atomic E-state index is -3.91. The van der Waals surface area contributed by atoms with Gasteiger partial charge in [-0.15, -0.1) is 0 Å². The molecule has 2 amide bonds. The van der Waals surface area contributed by atoms with E-state index in [1.807, 2.05) is 38.1 Å². The number of amides is 2. The van der Waals surface area contributed by atoms with Crippen molar-refractivity contribution in [1.82, 2.24) is 10.2 Å². The van der Waals surface area contributed by atoms with E-state index in [0.717, 1.165) is 27.0 Å². The normalized spacial score (nSPS) is 13.0. The van der Waals surface area contributed by atoms with Crippen molar-refractivity contribution in [3.63, 3.8) is 0 Å². The fraction of sp³-hybridized carbons (Fsp3) is 0.417. The van der Waals surface area contributed by atoms with Gasteiger partial charge in [-0.05, 0) is 56.2 Å². The van der Waals surface area contributed by atoms with Gasteiger partial charge in [-0.25, -0.2) is 8.42 Å². The van der Waals surface area contributed by atoms with Gasteiger partial charge in [0.1, 0.15) is 18.3 Å². The van der Waals surface area contributed by atoms with Gasteiger partial charge in [-0.2, -0.15) is 0 Å². The van der Waals surface area contributed by atoms with Gasteiger partial charge in [0.25, 0.3) is 0 Å². The van der Waals surface area contributed by atoms with E-state index in [2.05, 4.69) is 21.2 Å². The van der Waals surface area contributed by atoms with Crippen LogP contribution in [0.15, 0.2) is 46.9 Å². The molecule has 0 aliphatic heterocycles. The maximum Gasteiger partial charge on any atom is 0.244 e. The van der Waals surface area contributed by atoms with E-state index < -0.39 is 28.5 Å². The number of carbonyl (C=O) groups excluding carboxylic acids is 2. The maximum absolute atomic E-state index is 13.6. The molecule has 192 valence electrons. The Labute approximate surface area is 220 Å². The SMILES string of the molecule is CC[C@H](C)NC(=O)[C@H](C)N(Cc1cccc(Br)c1)C(=O)CN(c1cc(Cl)ccc1OC)S(C)(=O)=O. The van der Waals surface area contributed by atoms with Gasteiger partial charge < -0.3 is 15.0 Å². The molecule has 1 N–H and O–H groups in total.